The van der Waals surface area contributed by atoms with Gasteiger partial charge in [-0.3, -0.25) is 19.6 Å². The van der Waals surface area contributed by atoms with Crippen LogP contribution in [0.5, 0.6) is 0 Å². The van der Waals surface area contributed by atoms with Gasteiger partial charge in [0, 0.05) is 37.2 Å². The molecule has 1 saturated heterocycles. The number of ether oxygens (including phenoxy) is 2. The summed E-state index contributed by atoms with van der Waals surface area (Å²) in [5.41, 5.74) is 0.194. The summed E-state index contributed by atoms with van der Waals surface area (Å²) in [4.78, 5) is 43.0. The molecule has 3 aromatic rings. The summed E-state index contributed by atoms with van der Waals surface area (Å²) >= 11 is 0. The third kappa shape index (κ3) is 6.97. The zero-order valence-electron chi connectivity index (χ0n) is 22.0. The number of methoxy groups -OCH3 is 1. The van der Waals surface area contributed by atoms with Crippen LogP contribution in [0.15, 0.2) is 84.0 Å². The van der Waals surface area contributed by atoms with Crippen molar-refractivity contribution in [3.05, 3.63) is 90.3 Å². The molecule has 0 radical (unpaired) electrons. The number of amides is 2. The van der Waals surface area contributed by atoms with Crippen LogP contribution in [0, 0.1) is 0 Å². The molecule has 0 aliphatic carbocycles. The number of rotatable bonds is 9. The van der Waals surface area contributed by atoms with Crippen LogP contribution < -0.4 is 4.90 Å². The SMILES string of the molecule is CO[C@@H]1C[C@H](C(=O)N(c2ccc(S(F)(F)(F)(F)F)cc2)C(C(=O)O)c2cccnc2)N(C(=O)OCc2ccccc2)C1. The highest BCUT2D eigenvalue weighted by atomic mass is 32.5. The number of benzene rings is 2. The van der Waals surface area contributed by atoms with Gasteiger partial charge >= 0.3 is 22.3 Å². The first-order valence-corrected chi connectivity index (χ1v) is 14.3. The molecule has 4 rings (SSSR count). The van der Waals surface area contributed by atoms with E-state index in [-0.39, 0.29) is 37.3 Å². The average molecular weight is 616 g/mol. The van der Waals surface area contributed by atoms with Crippen molar-refractivity contribution >= 4 is 33.9 Å². The molecule has 2 aromatic carbocycles. The second-order valence-electron chi connectivity index (χ2n) is 9.50. The molecular weight excluding hydrogens is 589 g/mol. The maximum Gasteiger partial charge on any atom is 0.410 e. The Kier molecular flexibility index (Phi) is 7.95. The number of carboxylic acid groups (broad SMARTS) is 1. The fourth-order valence-electron chi connectivity index (χ4n) is 4.57. The van der Waals surface area contributed by atoms with Gasteiger partial charge in [0.1, 0.15) is 17.5 Å². The Morgan fingerprint density at radius 1 is 1.02 bits per heavy atom. The fraction of sp³-hybridized carbons (Fsp3) is 0.259. The number of pyridine rings is 1. The second kappa shape index (κ2) is 10.9. The van der Waals surface area contributed by atoms with E-state index in [9.17, 15) is 38.9 Å². The van der Waals surface area contributed by atoms with Crippen LogP contribution in [0.2, 0.25) is 0 Å². The maximum atomic E-state index is 14.1. The lowest BCUT2D eigenvalue weighted by atomic mass is 10.0. The fourth-order valence-corrected chi connectivity index (χ4v) is 5.22. The summed E-state index contributed by atoms with van der Waals surface area (Å²) in [5, 5.41) is 10.2. The molecular formula is C27H26F5N3O6S. The van der Waals surface area contributed by atoms with Gasteiger partial charge in [-0.1, -0.05) is 55.8 Å². The smallest absolute Gasteiger partial charge is 0.410 e. The molecule has 0 saturated carbocycles. The molecule has 15 heteroatoms. The third-order valence-electron chi connectivity index (χ3n) is 6.61. The van der Waals surface area contributed by atoms with E-state index >= 15 is 0 Å². The highest BCUT2D eigenvalue weighted by molar-refractivity contribution is 8.45. The van der Waals surface area contributed by atoms with Crippen molar-refractivity contribution in [3.8, 4) is 0 Å². The zero-order chi connectivity index (χ0) is 30.8. The van der Waals surface area contributed by atoms with Crippen LogP contribution in [-0.2, 0) is 25.7 Å². The first-order chi connectivity index (χ1) is 19.6. The molecule has 1 aliphatic heterocycles. The Balaban J connectivity index is 1.74. The summed E-state index contributed by atoms with van der Waals surface area (Å²) in [7, 11) is -8.73. The molecule has 2 heterocycles. The molecule has 42 heavy (non-hydrogen) atoms. The summed E-state index contributed by atoms with van der Waals surface area (Å²) < 4.78 is 77.7. The summed E-state index contributed by atoms with van der Waals surface area (Å²) in [5.74, 6) is -2.60. The number of carbonyl (C=O) groups excluding carboxylic acids is 2. The van der Waals surface area contributed by atoms with Crippen LogP contribution in [0.25, 0.3) is 0 Å². The molecule has 1 aliphatic rings. The first-order valence-electron chi connectivity index (χ1n) is 12.4. The van der Waals surface area contributed by atoms with Gasteiger partial charge in [-0.05, 0) is 35.9 Å². The van der Waals surface area contributed by atoms with Gasteiger partial charge in [0.25, 0.3) is 5.91 Å². The van der Waals surface area contributed by atoms with E-state index in [2.05, 4.69) is 4.98 Å². The van der Waals surface area contributed by atoms with Crippen LogP contribution in [-0.4, -0.2) is 58.8 Å². The Morgan fingerprint density at radius 2 is 1.69 bits per heavy atom. The average Bonchev–Trinajstić information content (AvgIpc) is 3.39. The molecule has 2 amide bonds. The number of halogens is 5. The Hall–Kier alpha value is -4.24. The molecule has 0 bridgehead atoms. The number of hydrogen-bond acceptors (Lipinski definition) is 6. The van der Waals surface area contributed by atoms with E-state index in [4.69, 9.17) is 9.47 Å². The summed E-state index contributed by atoms with van der Waals surface area (Å²) in [6, 6.07) is 9.47. The predicted molar refractivity (Wildman–Crippen MR) is 142 cm³/mol. The largest absolute Gasteiger partial charge is 0.479 e. The number of aliphatic carboxylic acids is 1. The van der Waals surface area contributed by atoms with Gasteiger partial charge in [-0.15, -0.1) is 0 Å². The van der Waals surface area contributed by atoms with Gasteiger partial charge in [0.2, 0.25) is 0 Å². The predicted octanol–water partition coefficient (Wildman–Crippen LogP) is 6.32. The Morgan fingerprint density at radius 3 is 2.24 bits per heavy atom. The number of carbonyl (C=O) groups is 3. The van der Waals surface area contributed by atoms with E-state index in [1.54, 1.807) is 30.3 Å². The van der Waals surface area contributed by atoms with E-state index in [0.29, 0.717) is 22.6 Å². The molecule has 3 atom stereocenters. The Bertz CT molecular complexity index is 1450. The van der Waals surface area contributed by atoms with E-state index < -0.39 is 57.0 Å². The first kappa shape index (κ1) is 30.7. The second-order valence-corrected chi connectivity index (χ2v) is 11.9. The normalized spacial score (nSPS) is 19.3. The Labute approximate surface area is 237 Å². The van der Waals surface area contributed by atoms with Gasteiger partial charge in [-0.25, -0.2) is 9.59 Å². The van der Waals surface area contributed by atoms with Crippen LogP contribution in [0.1, 0.15) is 23.6 Å². The van der Waals surface area contributed by atoms with E-state index in [0.717, 1.165) is 11.1 Å². The molecule has 1 unspecified atom stereocenters. The lowest BCUT2D eigenvalue weighted by molar-refractivity contribution is -0.140. The summed E-state index contributed by atoms with van der Waals surface area (Å²) in [6.45, 7) is -0.246. The molecule has 9 nitrogen and oxygen atoms in total. The van der Waals surface area contributed by atoms with Gasteiger partial charge in [0.15, 0.2) is 6.04 Å². The number of hydrogen-bond donors (Lipinski definition) is 1. The minimum atomic E-state index is -10.1. The van der Waals surface area contributed by atoms with Crippen molar-refractivity contribution in [1.82, 2.24) is 9.88 Å². The van der Waals surface area contributed by atoms with Crippen molar-refractivity contribution in [2.75, 3.05) is 18.6 Å². The third-order valence-corrected chi connectivity index (χ3v) is 7.77. The molecule has 0 spiro atoms. The minimum Gasteiger partial charge on any atom is -0.479 e. The highest BCUT2D eigenvalue weighted by Crippen LogP contribution is 3.02. The lowest BCUT2D eigenvalue weighted by Crippen LogP contribution is -2.50. The number of carboxylic acids is 1. The minimum absolute atomic E-state index is 0.0327. The number of aromatic nitrogens is 1. The van der Waals surface area contributed by atoms with Crippen molar-refractivity contribution in [2.24, 2.45) is 0 Å². The monoisotopic (exact) mass is 615 g/mol. The van der Waals surface area contributed by atoms with Crippen LogP contribution in [0.3, 0.4) is 0 Å². The van der Waals surface area contributed by atoms with Crippen LogP contribution in [0.4, 0.5) is 29.9 Å². The summed E-state index contributed by atoms with van der Waals surface area (Å²) in [6.07, 6.45) is 0.793. The number of likely N-dealkylation sites (tertiary alicyclic amines) is 1. The topological polar surface area (TPSA) is 109 Å². The van der Waals surface area contributed by atoms with Crippen LogP contribution >= 0.6 is 10.2 Å². The standard InChI is InChI=1S/C27H26F5N3O6S/c1-40-21-14-23(34(16-21)27(39)41-17-18-6-3-2-4-7-18)25(36)35(24(26(37)38)19-8-5-13-33-15-19)20-9-11-22(12-10-20)42(28,29,30,31)32/h2-13,15,21,23-24H,14,16-17H2,1H3,(H,37,38)/t21-,23-,24?/m1/s1. The number of anilines is 1. The van der Waals surface area contributed by atoms with Gasteiger partial charge < -0.3 is 14.6 Å². The van der Waals surface area contributed by atoms with Gasteiger partial charge in [0.05, 0.1) is 12.6 Å². The lowest BCUT2D eigenvalue weighted by Gasteiger charge is -2.41. The molecule has 1 N–H and O–H groups in total. The quantitative estimate of drug-likeness (QED) is 0.281. The molecule has 226 valence electrons. The van der Waals surface area contributed by atoms with Crippen molar-refractivity contribution in [2.45, 2.75) is 36.1 Å². The van der Waals surface area contributed by atoms with Crippen molar-refractivity contribution in [3.63, 3.8) is 0 Å². The molecule has 1 fully saturated rings. The highest BCUT2D eigenvalue weighted by Gasteiger charge is 2.65. The van der Waals surface area contributed by atoms with Crippen molar-refractivity contribution in [1.29, 1.82) is 0 Å². The maximum absolute atomic E-state index is 14.1. The van der Waals surface area contributed by atoms with Crippen molar-refractivity contribution < 1.29 is 48.4 Å². The number of nitrogens with zero attached hydrogens (tertiary/aromatic N) is 3. The van der Waals surface area contributed by atoms with Gasteiger partial charge in [-0.2, -0.15) is 0 Å². The van der Waals surface area contributed by atoms with E-state index in [1.807, 2.05) is 0 Å². The van der Waals surface area contributed by atoms with E-state index in [1.165, 1.54) is 25.4 Å². The zero-order valence-corrected chi connectivity index (χ0v) is 22.8. The molecule has 1 aromatic heterocycles.